The molecule has 0 spiro atoms. The fourth-order valence-electron chi connectivity index (χ4n) is 2.10. The molecule has 0 atom stereocenters. The predicted molar refractivity (Wildman–Crippen MR) is 99.3 cm³/mol. The molecule has 6 heteroatoms. The first kappa shape index (κ1) is 16.7. The molecule has 0 aliphatic rings. The van der Waals surface area contributed by atoms with E-state index in [-0.39, 0.29) is 5.91 Å². The van der Waals surface area contributed by atoms with Gasteiger partial charge < -0.3 is 14.8 Å². The third-order valence-electron chi connectivity index (χ3n) is 3.26. The fourth-order valence-corrected chi connectivity index (χ4v) is 2.61. The Kier molecular flexibility index (Phi) is 5.43. The van der Waals surface area contributed by atoms with E-state index in [9.17, 15) is 4.79 Å². The number of methoxy groups -OCH3 is 1. The van der Waals surface area contributed by atoms with Crippen LogP contribution < -0.4 is 14.8 Å². The Morgan fingerprint density at radius 1 is 1.16 bits per heavy atom. The normalized spacial score (nSPS) is 10.6. The van der Waals surface area contributed by atoms with Crippen LogP contribution in [-0.2, 0) is 4.79 Å². The highest BCUT2D eigenvalue weighted by atomic mass is 32.1. The summed E-state index contributed by atoms with van der Waals surface area (Å²) in [6.45, 7) is 0. The molecule has 0 aliphatic carbocycles. The van der Waals surface area contributed by atoms with Gasteiger partial charge in [-0.25, -0.2) is 0 Å². The highest BCUT2D eigenvalue weighted by molar-refractivity contribution is 7.10. The third kappa shape index (κ3) is 4.68. The number of anilines is 1. The minimum absolute atomic E-state index is 0.247. The number of thiazole rings is 1. The van der Waals surface area contributed by atoms with Crippen LogP contribution >= 0.6 is 11.3 Å². The average molecular weight is 352 g/mol. The first-order valence-electron chi connectivity index (χ1n) is 7.53. The van der Waals surface area contributed by atoms with Gasteiger partial charge in [0.05, 0.1) is 18.3 Å². The van der Waals surface area contributed by atoms with Crippen LogP contribution in [0, 0.1) is 0 Å². The number of rotatable bonds is 6. The summed E-state index contributed by atoms with van der Waals surface area (Å²) < 4.78 is 11.1. The second-order valence-corrected chi connectivity index (χ2v) is 5.92. The molecule has 1 amide bonds. The molecule has 0 radical (unpaired) electrons. The van der Waals surface area contributed by atoms with Gasteiger partial charge in [-0.1, -0.05) is 18.2 Å². The molecule has 126 valence electrons. The van der Waals surface area contributed by atoms with Crippen molar-refractivity contribution in [2.24, 2.45) is 0 Å². The number of nitrogens with one attached hydrogen (secondary N) is 1. The lowest BCUT2D eigenvalue weighted by molar-refractivity contribution is -0.111. The summed E-state index contributed by atoms with van der Waals surface area (Å²) in [6, 6.07) is 14.7. The molecule has 1 N–H and O–H groups in total. The van der Waals surface area contributed by atoms with Crippen LogP contribution in [0.5, 0.6) is 17.2 Å². The van der Waals surface area contributed by atoms with Crippen molar-refractivity contribution in [3.05, 3.63) is 71.2 Å². The van der Waals surface area contributed by atoms with E-state index in [1.807, 2.05) is 30.3 Å². The van der Waals surface area contributed by atoms with Crippen molar-refractivity contribution >= 4 is 29.0 Å². The highest BCUT2D eigenvalue weighted by Gasteiger charge is 2.08. The summed E-state index contributed by atoms with van der Waals surface area (Å²) in [5.41, 5.74) is 2.29. The number of nitrogens with zero attached hydrogens (tertiary/aromatic N) is 1. The number of para-hydroxylation sites is 1. The van der Waals surface area contributed by atoms with Gasteiger partial charge in [-0.05, 0) is 30.3 Å². The monoisotopic (exact) mass is 352 g/mol. The van der Waals surface area contributed by atoms with Crippen molar-refractivity contribution in [3.8, 4) is 17.2 Å². The second-order valence-electron chi connectivity index (χ2n) is 5.00. The van der Waals surface area contributed by atoms with E-state index < -0.39 is 0 Å². The maximum Gasteiger partial charge on any atom is 0.248 e. The summed E-state index contributed by atoms with van der Waals surface area (Å²) in [7, 11) is 1.55. The molecule has 3 rings (SSSR count). The van der Waals surface area contributed by atoms with E-state index in [1.54, 1.807) is 43.1 Å². The number of benzene rings is 2. The van der Waals surface area contributed by atoms with Crippen LogP contribution in [0.3, 0.4) is 0 Å². The van der Waals surface area contributed by atoms with Gasteiger partial charge in [-0.3, -0.25) is 9.78 Å². The Morgan fingerprint density at radius 3 is 2.72 bits per heavy atom. The molecule has 1 heterocycles. The molecule has 0 fully saturated rings. The minimum atomic E-state index is -0.247. The quantitative estimate of drug-likeness (QED) is 0.659. The van der Waals surface area contributed by atoms with Crippen LogP contribution in [0.1, 0.15) is 4.88 Å². The fraction of sp³-hybridized carbons (Fsp3) is 0.0526. The van der Waals surface area contributed by atoms with Gasteiger partial charge in [-0.15, -0.1) is 11.3 Å². The Morgan fingerprint density at radius 2 is 2.00 bits per heavy atom. The van der Waals surface area contributed by atoms with Crippen molar-refractivity contribution in [2.75, 3.05) is 12.4 Å². The molecular formula is C19H16N2O3S. The Bertz CT molecular complexity index is 862. The summed E-state index contributed by atoms with van der Waals surface area (Å²) in [4.78, 5) is 16.9. The molecule has 3 aromatic rings. The van der Waals surface area contributed by atoms with E-state index in [0.29, 0.717) is 17.2 Å². The molecule has 0 aliphatic heterocycles. The van der Waals surface area contributed by atoms with Gasteiger partial charge in [0.15, 0.2) is 0 Å². The number of amides is 1. The largest absolute Gasteiger partial charge is 0.494 e. The molecule has 0 saturated heterocycles. The van der Waals surface area contributed by atoms with Crippen LogP contribution in [-0.4, -0.2) is 18.0 Å². The van der Waals surface area contributed by atoms with Gasteiger partial charge in [0.2, 0.25) is 5.91 Å². The predicted octanol–water partition coefficient (Wildman–Crippen LogP) is 4.60. The van der Waals surface area contributed by atoms with Crippen molar-refractivity contribution in [1.82, 2.24) is 4.98 Å². The number of carbonyl (C=O) groups is 1. The highest BCUT2D eigenvalue weighted by Crippen LogP contribution is 2.31. The summed E-state index contributed by atoms with van der Waals surface area (Å²) in [5, 5.41) is 2.79. The topological polar surface area (TPSA) is 60.5 Å². The third-order valence-corrected chi connectivity index (χ3v) is 4.00. The van der Waals surface area contributed by atoms with Crippen molar-refractivity contribution in [3.63, 3.8) is 0 Å². The molecule has 0 bridgehead atoms. The van der Waals surface area contributed by atoms with Gasteiger partial charge in [0.1, 0.15) is 17.2 Å². The van der Waals surface area contributed by atoms with E-state index in [4.69, 9.17) is 9.47 Å². The first-order valence-corrected chi connectivity index (χ1v) is 8.41. The van der Waals surface area contributed by atoms with E-state index >= 15 is 0 Å². The zero-order valence-electron chi connectivity index (χ0n) is 13.5. The zero-order valence-corrected chi connectivity index (χ0v) is 14.3. The van der Waals surface area contributed by atoms with E-state index in [0.717, 1.165) is 10.6 Å². The summed E-state index contributed by atoms with van der Waals surface area (Å²) in [6.07, 6.45) is 4.87. The van der Waals surface area contributed by atoms with Crippen LogP contribution in [0.2, 0.25) is 0 Å². The van der Waals surface area contributed by atoms with Gasteiger partial charge in [0, 0.05) is 23.2 Å². The number of hydrogen-bond donors (Lipinski definition) is 1. The minimum Gasteiger partial charge on any atom is -0.494 e. The van der Waals surface area contributed by atoms with Gasteiger partial charge >= 0.3 is 0 Å². The zero-order chi connectivity index (χ0) is 17.5. The molecule has 1 aromatic heterocycles. The van der Waals surface area contributed by atoms with Crippen LogP contribution in [0.4, 0.5) is 5.69 Å². The lowest BCUT2D eigenvalue weighted by Crippen LogP contribution is -2.08. The maximum atomic E-state index is 12.1. The van der Waals surface area contributed by atoms with Crippen molar-refractivity contribution < 1.29 is 14.3 Å². The molecule has 5 nitrogen and oxygen atoms in total. The van der Waals surface area contributed by atoms with Gasteiger partial charge in [-0.2, -0.15) is 0 Å². The number of aromatic nitrogens is 1. The number of carbonyl (C=O) groups excluding carboxylic acids is 1. The number of hydrogen-bond acceptors (Lipinski definition) is 5. The Hall–Kier alpha value is -3.12. The van der Waals surface area contributed by atoms with Gasteiger partial charge in [0.25, 0.3) is 0 Å². The van der Waals surface area contributed by atoms with Crippen molar-refractivity contribution in [2.45, 2.75) is 0 Å². The molecule has 0 saturated carbocycles. The lowest BCUT2D eigenvalue weighted by atomic mass is 10.2. The first-order chi connectivity index (χ1) is 12.2. The summed E-state index contributed by atoms with van der Waals surface area (Å²) >= 11 is 1.46. The molecular weight excluding hydrogens is 336 g/mol. The molecule has 0 unspecified atom stereocenters. The number of ether oxygens (including phenoxy) is 2. The second kappa shape index (κ2) is 8.12. The van der Waals surface area contributed by atoms with Crippen LogP contribution in [0.25, 0.3) is 6.08 Å². The smallest absolute Gasteiger partial charge is 0.248 e. The maximum absolute atomic E-state index is 12.1. The summed E-state index contributed by atoms with van der Waals surface area (Å²) in [5.74, 6) is 1.63. The molecule has 25 heavy (non-hydrogen) atoms. The SMILES string of the molecule is COc1cc(Oc2ccccc2)ccc1NC(=O)/C=C/c1cncs1. The Labute approximate surface area is 149 Å². The average Bonchev–Trinajstić information content (AvgIpc) is 3.16. The van der Waals surface area contributed by atoms with E-state index in [2.05, 4.69) is 10.3 Å². The van der Waals surface area contributed by atoms with Crippen molar-refractivity contribution in [1.29, 1.82) is 0 Å². The lowest BCUT2D eigenvalue weighted by Gasteiger charge is -2.12. The standard InChI is InChI=1S/C19H16N2O3S/c1-23-18-11-15(24-14-5-3-2-4-6-14)7-9-17(18)21-19(22)10-8-16-12-20-13-25-16/h2-13H,1H3,(H,21,22)/b10-8+. The van der Waals surface area contributed by atoms with Crippen LogP contribution in [0.15, 0.2) is 66.3 Å². The Balaban J connectivity index is 1.70. The van der Waals surface area contributed by atoms with E-state index in [1.165, 1.54) is 17.4 Å². The molecule has 2 aromatic carbocycles.